The number of carbonyl (C=O) groups excluding carboxylic acids is 3. The molecule has 1 aliphatic heterocycles. The average Bonchev–Trinajstić information content (AvgIpc) is 3.32. The third-order valence-corrected chi connectivity index (χ3v) is 5.40. The van der Waals surface area contributed by atoms with Crippen molar-refractivity contribution in [3.8, 4) is 5.75 Å². The van der Waals surface area contributed by atoms with E-state index < -0.39 is 12.1 Å². The van der Waals surface area contributed by atoms with Crippen molar-refractivity contribution in [3.63, 3.8) is 0 Å². The molecule has 8 heteroatoms. The number of aromatic amines is 1. The van der Waals surface area contributed by atoms with E-state index in [1.165, 1.54) is 0 Å². The second kappa shape index (κ2) is 8.91. The van der Waals surface area contributed by atoms with Gasteiger partial charge in [0.05, 0.1) is 12.8 Å². The summed E-state index contributed by atoms with van der Waals surface area (Å²) in [5.41, 5.74) is 2.68. The van der Waals surface area contributed by atoms with E-state index >= 15 is 0 Å². The number of benzene rings is 2. The van der Waals surface area contributed by atoms with E-state index in [4.69, 9.17) is 4.74 Å². The topological polar surface area (TPSA) is 104 Å². The number of para-hydroxylation sites is 1. The first-order valence-electron chi connectivity index (χ1n) is 10.2. The molecule has 2 aromatic carbocycles. The zero-order valence-corrected chi connectivity index (χ0v) is 17.2. The number of nitrogens with one attached hydrogen (secondary N) is 3. The lowest BCUT2D eigenvalue weighted by Gasteiger charge is -2.13. The number of ether oxygens (including phenoxy) is 1. The zero-order chi connectivity index (χ0) is 21.8. The number of H-pyrrole nitrogens is 1. The molecule has 1 aliphatic rings. The van der Waals surface area contributed by atoms with Crippen molar-refractivity contribution in [2.24, 2.45) is 0 Å². The Morgan fingerprint density at radius 3 is 2.68 bits per heavy atom. The molecule has 0 bridgehead atoms. The van der Waals surface area contributed by atoms with Crippen LogP contribution in [0.25, 0.3) is 10.9 Å². The first-order chi connectivity index (χ1) is 15.1. The average molecular weight is 420 g/mol. The molecular weight excluding hydrogens is 396 g/mol. The van der Waals surface area contributed by atoms with Gasteiger partial charge in [0, 0.05) is 30.1 Å². The van der Waals surface area contributed by atoms with Gasteiger partial charge in [0.25, 0.3) is 5.91 Å². The van der Waals surface area contributed by atoms with Gasteiger partial charge in [-0.2, -0.15) is 0 Å². The summed E-state index contributed by atoms with van der Waals surface area (Å²) in [6.45, 7) is 0.504. The molecule has 0 aliphatic carbocycles. The van der Waals surface area contributed by atoms with Crippen LogP contribution in [-0.2, 0) is 16.0 Å². The molecule has 1 fully saturated rings. The lowest BCUT2D eigenvalue weighted by atomic mass is 10.1. The van der Waals surface area contributed by atoms with E-state index in [0.29, 0.717) is 24.4 Å². The molecule has 31 heavy (non-hydrogen) atoms. The predicted octanol–water partition coefficient (Wildman–Crippen LogP) is 2.74. The number of fused-ring (bicyclic) bond motifs is 1. The summed E-state index contributed by atoms with van der Waals surface area (Å²) < 4.78 is 5.10. The highest BCUT2D eigenvalue weighted by atomic mass is 16.5. The van der Waals surface area contributed by atoms with Crippen molar-refractivity contribution in [3.05, 3.63) is 60.3 Å². The Hall–Kier alpha value is -3.81. The van der Waals surface area contributed by atoms with Gasteiger partial charge in [-0.3, -0.25) is 9.59 Å². The molecule has 1 saturated heterocycles. The standard InChI is InChI=1S/C23H24N4O4/c1-31-17-8-6-16(7-9-17)27-22(29)20(26-23(27)30)10-11-21(28)24-13-12-15-14-25-19-5-3-2-4-18(15)19/h2-9,14,20,25H,10-13H2,1H3,(H,24,28)(H,26,30)/t20-/m0/s1. The summed E-state index contributed by atoms with van der Waals surface area (Å²) in [7, 11) is 1.55. The molecule has 3 N–H and O–H groups in total. The number of carbonyl (C=O) groups is 3. The minimum absolute atomic E-state index is 0.148. The number of nitrogens with zero attached hydrogens (tertiary/aromatic N) is 1. The number of methoxy groups -OCH3 is 1. The second-order valence-corrected chi connectivity index (χ2v) is 7.37. The highest BCUT2D eigenvalue weighted by molar-refractivity contribution is 6.21. The molecule has 1 aromatic heterocycles. The second-order valence-electron chi connectivity index (χ2n) is 7.37. The van der Waals surface area contributed by atoms with Gasteiger partial charge in [-0.25, -0.2) is 9.69 Å². The van der Waals surface area contributed by atoms with Crippen LogP contribution < -0.4 is 20.3 Å². The Balaban J connectivity index is 1.26. The fraction of sp³-hybridized carbons (Fsp3) is 0.261. The van der Waals surface area contributed by atoms with Crippen molar-refractivity contribution >= 4 is 34.4 Å². The molecule has 0 saturated carbocycles. The minimum atomic E-state index is -0.714. The number of anilines is 1. The lowest BCUT2D eigenvalue weighted by molar-refractivity contribution is -0.121. The third-order valence-electron chi connectivity index (χ3n) is 5.40. The number of imide groups is 1. The van der Waals surface area contributed by atoms with Crippen molar-refractivity contribution in [1.82, 2.24) is 15.6 Å². The molecule has 8 nitrogen and oxygen atoms in total. The van der Waals surface area contributed by atoms with Gasteiger partial charge in [0.2, 0.25) is 5.91 Å². The van der Waals surface area contributed by atoms with E-state index in [1.54, 1.807) is 31.4 Å². The summed E-state index contributed by atoms with van der Waals surface area (Å²) >= 11 is 0. The molecule has 0 unspecified atom stereocenters. The maximum Gasteiger partial charge on any atom is 0.329 e. The quantitative estimate of drug-likeness (QED) is 0.488. The highest BCUT2D eigenvalue weighted by Crippen LogP contribution is 2.24. The SMILES string of the molecule is COc1ccc(N2C(=O)N[C@@H](CCC(=O)NCCc3c[nH]c4ccccc34)C2=O)cc1. The summed E-state index contributed by atoms with van der Waals surface area (Å²) in [5.74, 6) is 0.128. The number of hydrogen-bond acceptors (Lipinski definition) is 4. The smallest absolute Gasteiger partial charge is 0.329 e. The molecule has 2 heterocycles. The molecule has 0 radical (unpaired) electrons. The van der Waals surface area contributed by atoms with Crippen LogP contribution in [0, 0.1) is 0 Å². The number of urea groups is 1. The van der Waals surface area contributed by atoms with E-state index in [2.05, 4.69) is 15.6 Å². The molecule has 3 aromatic rings. The molecule has 4 rings (SSSR count). The highest BCUT2D eigenvalue weighted by Gasteiger charge is 2.38. The molecule has 160 valence electrons. The number of aromatic nitrogens is 1. The van der Waals surface area contributed by atoms with Crippen LogP contribution in [0.4, 0.5) is 10.5 Å². The fourth-order valence-corrected chi connectivity index (χ4v) is 3.74. The fourth-order valence-electron chi connectivity index (χ4n) is 3.74. The molecule has 0 spiro atoms. The number of amides is 4. The monoisotopic (exact) mass is 420 g/mol. The Bertz CT molecular complexity index is 1110. The van der Waals surface area contributed by atoms with Gasteiger partial charge in [0.15, 0.2) is 0 Å². The normalized spacial score (nSPS) is 15.9. The number of hydrogen-bond donors (Lipinski definition) is 3. The van der Waals surface area contributed by atoms with Crippen LogP contribution >= 0.6 is 0 Å². The Kier molecular flexibility index (Phi) is 5.88. The van der Waals surface area contributed by atoms with Gasteiger partial charge < -0.3 is 20.4 Å². The van der Waals surface area contributed by atoms with Crippen LogP contribution in [-0.4, -0.2) is 42.5 Å². The van der Waals surface area contributed by atoms with E-state index in [0.717, 1.165) is 21.4 Å². The Labute approximate surface area is 179 Å². The van der Waals surface area contributed by atoms with Crippen molar-refractivity contribution in [2.75, 3.05) is 18.6 Å². The van der Waals surface area contributed by atoms with Crippen molar-refractivity contribution in [2.45, 2.75) is 25.3 Å². The maximum atomic E-state index is 12.7. The van der Waals surface area contributed by atoms with E-state index in [-0.39, 0.29) is 24.7 Å². The predicted molar refractivity (Wildman–Crippen MR) is 117 cm³/mol. The van der Waals surface area contributed by atoms with Crippen LogP contribution in [0.15, 0.2) is 54.7 Å². The van der Waals surface area contributed by atoms with Gasteiger partial charge in [0.1, 0.15) is 11.8 Å². The summed E-state index contributed by atoms with van der Waals surface area (Å²) in [6, 6.07) is 13.5. The van der Waals surface area contributed by atoms with Crippen LogP contribution in [0.2, 0.25) is 0 Å². The van der Waals surface area contributed by atoms with Crippen LogP contribution in [0.1, 0.15) is 18.4 Å². The molecule has 4 amide bonds. The van der Waals surface area contributed by atoms with Crippen molar-refractivity contribution in [1.29, 1.82) is 0 Å². The summed E-state index contributed by atoms with van der Waals surface area (Å²) in [5, 5.41) is 6.69. The van der Waals surface area contributed by atoms with Gasteiger partial charge in [-0.05, 0) is 48.7 Å². The van der Waals surface area contributed by atoms with Crippen molar-refractivity contribution < 1.29 is 19.1 Å². The summed E-state index contributed by atoms with van der Waals surface area (Å²) in [4.78, 5) is 41.5. The Morgan fingerprint density at radius 1 is 1.13 bits per heavy atom. The lowest BCUT2D eigenvalue weighted by Crippen LogP contribution is -2.33. The zero-order valence-electron chi connectivity index (χ0n) is 17.2. The third kappa shape index (κ3) is 4.37. The van der Waals surface area contributed by atoms with E-state index in [9.17, 15) is 14.4 Å². The van der Waals surface area contributed by atoms with Gasteiger partial charge in [-0.15, -0.1) is 0 Å². The number of rotatable bonds is 8. The van der Waals surface area contributed by atoms with Crippen LogP contribution in [0.3, 0.4) is 0 Å². The molecular formula is C23H24N4O4. The first-order valence-corrected chi connectivity index (χ1v) is 10.2. The maximum absolute atomic E-state index is 12.7. The van der Waals surface area contributed by atoms with Gasteiger partial charge in [-0.1, -0.05) is 18.2 Å². The van der Waals surface area contributed by atoms with Crippen LogP contribution in [0.5, 0.6) is 5.75 Å². The molecule has 1 atom stereocenters. The largest absolute Gasteiger partial charge is 0.497 e. The van der Waals surface area contributed by atoms with Gasteiger partial charge >= 0.3 is 6.03 Å². The minimum Gasteiger partial charge on any atom is -0.497 e. The van der Waals surface area contributed by atoms with E-state index in [1.807, 2.05) is 30.5 Å². The first kappa shape index (κ1) is 20.5. The Morgan fingerprint density at radius 2 is 1.90 bits per heavy atom. The summed E-state index contributed by atoms with van der Waals surface area (Å²) in [6.07, 6.45) is 3.06.